The highest BCUT2D eigenvalue weighted by Crippen LogP contribution is 2.16. The first-order valence-corrected chi connectivity index (χ1v) is 7.79. The van der Waals surface area contributed by atoms with Crippen molar-refractivity contribution in [3.05, 3.63) is 59.7 Å². The van der Waals surface area contributed by atoms with Gasteiger partial charge in [-0.2, -0.15) is 8.78 Å². The third kappa shape index (κ3) is 3.62. The lowest BCUT2D eigenvalue weighted by Crippen LogP contribution is -2.55. The maximum atomic E-state index is 13.2. The number of hydrogen-bond acceptors (Lipinski definition) is 4. The number of hydrogen-bond donors (Lipinski definition) is 0. The maximum absolute atomic E-state index is 13.2. The molecule has 2 aromatic heterocycles. The molecule has 1 saturated heterocycles. The van der Waals surface area contributed by atoms with Crippen molar-refractivity contribution in [1.82, 2.24) is 19.8 Å². The van der Waals surface area contributed by atoms with Gasteiger partial charge < -0.3 is 9.80 Å². The molecule has 0 bridgehead atoms. The zero-order valence-electron chi connectivity index (χ0n) is 13.5. The molecule has 0 unspecified atom stereocenters. The highest BCUT2D eigenvalue weighted by Gasteiger charge is 2.31. The van der Waals surface area contributed by atoms with Crippen molar-refractivity contribution in [1.29, 1.82) is 0 Å². The van der Waals surface area contributed by atoms with E-state index in [-0.39, 0.29) is 29.0 Å². The second-order valence-electron chi connectivity index (χ2n) is 5.83. The molecule has 0 aliphatic carbocycles. The number of rotatable bonds is 2. The molecule has 1 aliphatic rings. The Bertz CT molecular complexity index is 815. The summed E-state index contributed by atoms with van der Waals surface area (Å²) in [6.07, 6.45) is 2.48. The molecular formula is C17H16F2N4O2. The zero-order valence-corrected chi connectivity index (χ0v) is 13.5. The summed E-state index contributed by atoms with van der Waals surface area (Å²) in [5.74, 6) is -2.05. The van der Waals surface area contributed by atoms with E-state index in [1.165, 1.54) is 24.5 Å². The normalized spacial score (nSPS) is 17.5. The SMILES string of the molecule is C[C@H]1CN(C(=O)c2ccnc(F)c2)CCN1C(=O)c1ccnc(F)c1. The lowest BCUT2D eigenvalue weighted by molar-refractivity contribution is 0.0414. The Balaban J connectivity index is 1.70. The van der Waals surface area contributed by atoms with Gasteiger partial charge in [0.1, 0.15) is 0 Å². The van der Waals surface area contributed by atoms with Crippen LogP contribution < -0.4 is 0 Å². The second kappa shape index (κ2) is 6.92. The number of carbonyl (C=O) groups excluding carboxylic acids is 2. The van der Waals surface area contributed by atoms with Gasteiger partial charge in [0.15, 0.2) is 0 Å². The molecule has 3 heterocycles. The Morgan fingerprint density at radius 1 is 1.00 bits per heavy atom. The van der Waals surface area contributed by atoms with Crippen LogP contribution in [0.1, 0.15) is 27.6 Å². The van der Waals surface area contributed by atoms with Crippen LogP contribution in [0.5, 0.6) is 0 Å². The predicted molar refractivity (Wildman–Crippen MR) is 84.8 cm³/mol. The third-order valence-corrected chi connectivity index (χ3v) is 4.12. The Hall–Kier alpha value is -2.90. The Kier molecular flexibility index (Phi) is 4.69. The molecule has 130 valence electrons. The number of nitrogens with zero attached hydrogens (tertiary/aromatic N) is 4. The van der Waals surface area contributed by atoms with Crippen LogP contribution in [0, 0.1) is 11.9 Å². The van der Waals surface area contributed by atoms with Crippen molar-refractivity contribution in [2.45, 2.75) is 13.0 Å². The monoisotopic (exact) mass is 346 g/mol. The van der Waals surface area contributed by atoms with Gasteiger partial charge in [-0.15, -0.1) is 0 Å². The minimum atomic E-state index is -0.716. The van der Waals surface area contributed by atoms with Gasteiger partial charge >= 0.3 is 0 Å². The number of halogens is 2. The fourth-order valence-corrected chi connectivity index (χ4v) is 2.86. The number of carbonyl (C=O) groups is 2. The van der Waals surface area contributed by atoms with Crippen LogP contribution in [0.3, 0.4) is 0 Å². The number of amides is 2. The molecule has 3 rings (SSSR count). The Labute approximate surface area is 143 Å². The molecule has 1 aliphatic heterocycles. The van der Waals surface area contributed by atoms with Gasteiger partial charge in [0.05, 0.1) is 0 Å². The molecule has 1 fully saturated rings. The summed E-state index contributed by atoms with van der Waals surface area (Å²) in [4.78, 5) is 35.0. The van der Waals surface area contributed by atoms with Crippen molar-refractivity contribution in [3.63, 3.8) is 0 Å². The minimum Gasteiger partial charge on any atom is -0.335 e. The second-order valence-corrected chi connectivity index (χ2v) is 5.83. The van der Waals surface area contributed by atoms with E-state index in [0.717, 1.165) is 12.1 Å². The smallest absolute Gasteiger partial charge is 0.254 e. The fraction of sp³-hybridized carbons (Fsp3) is 0.294. The van der Waals surface area contributed by atoms with Crippen molar-refractivity contribution in [2.24, 2.45) is 0 Å². The van der Waals surface area contributed by atoms with Crippen molar-refractivity contribution < 1.29 is 18.4 Å². The van der Waals surface area contributed by atoms with Gasteiger partial charge in [0, 0.05) is 61.3 Å². The van der Waals surface area contributed by atoms with E-state index in [1.54, 1.807) is 9.80 Å². The van der Waals surface area contributed by atoms with Crippen LogP contribution in [0.15, 0.2) is 36.7 Å². The summed E-state index contributed by atoms with van der Waals surface area (Å²) >= 11 is 0. The standard InChI is InChI=1S/C17H16F2N4O2/c1-11-10-22(16(24)12-2-4-20-14(18)8-12)6-7-23(11)17(25)13-3-5-21-15(19)9-13/h2-5,8-9,11H,6-7,10H2,1H3/t11-/m0/s1. The first kappa shape index (κ1) is 16.9. The van der Waals surface area contributed by atoms with E-state index in [2.05, 4.69) is 9.97 Å². The molecule has 2 aromatic rings. The van der Waals surface area contributed by atoms with Gasteiger partial charge in [-0.05, 0) is 19.1 Å². The largest absolute Gasteiger partial charge is 0.335 e. The average Bonchev–Trinajstić information content (AvgIpc) is 2.60. The van der Waals surface area contributed by atoms with Crippen molar-refractivity contribution in [3.8, 4) is 0 Å². The first-order valence-electron chi connectivity index (χ1n) is 7.79. The van der Waals surface area contributed by atoms with Crippen molar-refractivity contribution >= 4 is 11.8 Å². The predicted octanol–water partition coefficient (Wildman–Crippen LogP) is 1.74. The highest BCUT2D eigenvalue weighted by molar-refractivity contribution is 5.96. The molecular weight excluding hydrogens is 330 g/mol. The van der Waals surface area contributed by atoms with Crippen LogP contribution in [-0.4, -0.2) is 57.3 Å². The van der Waals surface area contributed by atoms with Crippen LogP contribution in [0.25, 0.3) is 0 Å². The maximum Gasteiger partial charge on any atom is 0.254 e. The lowest BCUT2D eigenvalue weighted by atomic mass is 10.1. The molecule has 0 aromatic carbocycles. The Morgan fingerprint density at radius 2 is 1.56 bits per heavy atom. The van der Waals surface area contributed by atoms with E-state index in [0.29, 0.717) is 19.6 Å². The quantitative estimate of drug-likeness (QED) is 0.777. The summed E-state index contributed by atoms with van der Waals surface area (Å²) in [5, 5.41) is 0. The summed E-state index contributed by atoms with van der Waals surface area (Å²) in [6, 6.07) is 4.83. The number of pyridine rings is 2. The molecule has 0 radical (unpaired) electrons. The van der Waals surface area contributed by atoms with Crippen LogP contribution in [0.4, 0.5) is 8.78 Å². The van der Waals surface area contributed by atoms with Gasteiger partial charge in [-0.25, -0.2) is 9.97 Å². The zero-order chi connectivity index (χ0) is 18.0. The van der Waals surface area contributed by atoms with E-state index >= 15 is 0 Å². The van der Waals surface area contributed by atoms with Gasteiger partial charge in [-0.1, -0.05) is 0 Å². The molecule has 0 N–H and O–H groups in total. The average molecular weight is 346 g/mol. The van der Waals surface area contributed by atoms with E-state index in [9.17, 15) is 18.4 Å². The van der Waals surface area contributed by atoms with Gasteiger partial charge in [-0.3, -0.25) is 9.59 Å². The fourth-order valence-electron chi connectivity index (χ4n) is 2.86. The van der Waals surface area contributed by atoms with Gasteiger partial charge in [0.2, 0.25) is 11.9 Å². The van der Waals surface area contributed by atoms with E-state index in [4.69, 9.17) is 0 Å². The molecule has 8 heteroatoms. The summed E-state index contributed by atoms with van der Waals surface area (Å²) < 4.78 is 26.4. The van der Waals surface area contributed by atoms with E-state index < -0.39 is 11.9 Å². The van der Waals surface area contributed by atoms with Crippen LogP contribution >= 0.6 is 0 Å². The van der Waals surface area contributed by atoms with Crippen molar-refractivity contribution in [2.75, 3.05) is 19.6 Å². The third-order valence-electron chi connectivity index (χ3n) is 4.12. The number of piperazine rings is 1. The minimum absolute atomic E-state index is 0.218. The topological polar surface area (TPSA) is 66.4 Å². The summed E-state index contributed by atoms with van der Waals surface area (Å²) in [7, 11) is 0. The van der Waals surface area contributed by atoms with Crippen LogP contribution in [0.2, 0.25) is 0 Å². The molecule has 6 nitrogen and oxygen atoms in total. The molecule has 1 atom stereocenters. The lowest BCUT2D eigenvalue weighted by Gasteiger charge is -2.40. The Morgan fingerprint density at radius 3 is 2.08 bits per heavy atom. The summed E-state index contributed by atoms with van der Waals surface area (Å²) in [5.41, 5.74) is 0.436. The highest BCUT2D eigenvalue weighted by atomic mass is 19.1. The summed E-state index contributed by atoms with van der Waals surface area (Å²) in [6.45, 7) is 2.74. The van der Waals surface area contributed by atoms with Crippen LogP contribution in [-0.2, 0) is 0 Å². The van der Waals surface area contributed by atoms with Gasteiger partial charge in [0.25, 0.3) is 11.8 Å². The molecule has 25 heavy (non-hydrogen) atoms. The molecule has 0 saturated carbocycles. The van der Waals surface area contributed by atoms with E-state index in [1.807, 2.05) is 6.92 Å². The number of aromatic nitrogens is 2. The first-order chi connectivity index (χ1) is 12.0. The molecule has 0 spiro atoms. The molecule has 2 amide bonds.